The summed E-state index contributed by atoms with van der Waals surface area (Å²) in [6, 6.07) is 13.4. The zero-order valence-corrected chi connectivity index (χ0v) is 13.7. The molecule has 0 aliphatic heterocycles. The van der Waals surface area contributed by atoms with Gasteiger partial charge in [0.15, 0.2) is 0 Å². The summed E-state index contributed by atoms with van der Waals surface area (Å²) in [6.45, 7) is 1.93. The van der Waals surface area contributed by atoms with Gasteiger partial charge in [0.25, 0.3) is 14.9 Å². The molecule has 0 amide bonds. The smallest absolute Gasteiger partial charge is 0.284 e. The average molecular weight is 347 g/mol. The first-order chi connectivity index (χ1) is 10.9. The van der Waals surface area contributed by atoms with Crippen molar-refractivity contribution in [1.82, 2.24) is 10.2 Å². The fourth-order valence-electron chi connectivity index (χ4n) is 1.99. The van der Waals surface area contributed by atoms with Crippen LogP contribution in [0.3, 0.4) is 0 Å². The Morgan fingerprint density at radius 1 is 1.17 bits per heavy atom. The Kier molecular flexibility index (Phi) is 4.01. The van der Waals surface area contributed by atoms with Crippen LogP contribution in [0.25, 0.3) is 11.5 Å². The maximum atomic E-state index is 12.5. The minimum absolute atomic E-state index is 0.111. The van der Waals surface area contributed by atoms with Crippen LogP contribution in [-0.2, 0) is 10.0 Å². The molecule has 0 saturated carbocycles. The Bertz CT molecular complexity index is 989. The van der Waals surface area contributed by atoms with Gasteiger partial charge in [0, 0.05) is 11.3 Å². The molecule has 6 nitrogen and oxygen atoms in total. The Hall–Kier alpha value is -2.45. The van der Waals surface area contributed by atoms with E-state index in [2.05, 4.69) is 14.9 Å². The van der Waals surface area contributed by atoms with Crippen LogP contribution in [0.15, 0.2) is 57.8 Å². The van der Waals surface area contributed by atoms with Crippen molar-refractivity contribution in [3.05, 3.63) is 58.9 Å². The molecule has 0 atom stereocenters. The van der Waals surface area contributed by atoms with Crippen molar-refractivity contribution in [3.8, 4) is 11.5 Å². The van der Waals surface area contributed by atoms with Gasteiger partial charge in [-0.2, -0.15) is 0 Å². The number of benzene rings is 2. The standard InChI is InChI=1S/C15H13N3O3S2/c1-10-5-7-12(8-6-10)18-23(19,20)13-4-2-3-11(9-13)14-16-17-15(22)21-14/h2-9,18H,1H3,(H,17,22). The van der Waals surface area contributed by atoms with E-state index >= 15 is 0 Å². The van der Waals surface area contributed by atoms with Gasteiger partial charge in [0.1, 0.15) is 0 Å². The Labute approximate surface area is 138 Å². The van der Waals surface area contributed by atoms with E-state index in [1.807, 2.05) is 19.1 Å². The van der Waals surface area contributed by atoms with E-state index in [-0.39, 0.29) is 15.6 Å². The maximum absolute atomic E-state index is 12.5. The third-order valence-electron chi connectivity index (χ3n) is 3.13. The van der Waals surface area contributed by atoms with Crippen molar-refractivity contribution >= 4 is 27.9 Å². The van der Waals surface area contributed by atoms with Gasteiger partial charge in [-0.3, -0.25) is 4.72 Å². The van der Waals surface area contributed by atoms with Gasteiger partial charge in [0.2, 0.25) is 5.89 Å². The van der Waals surface area contributed by atoms with Crippen molar-refractivity contribution in [2.24, 2.45) is 0 Å². The normalized spacial score (nSPS) is 11.3. The van der Waals surface area contributed by atoms with E-state index in [0.717, 1.165) is 5.56 Å². The van der Waals surface area contributed by atoms with Crippen molar-refractivity contribution < 1.29 is 12.8 Å². The molecular formula is C15H13N3O3S2. The first kappa shape index (κ1) is 15.4. The summed E-state index contributed by atoms with van der Waals surface area (Å²) in [5.74, 6) is 0.238. The molecule has 8 heteroatoms. The van der Waals surface area contributed by atoms with Gasteiger partial charge >= 0.3 is 0 Å². The zero-order chi connectivity index (χ0) is 16.4. The molecule has 118 valence electrons. The second kappa shape index (κ2) is 5.98. The van der Waals surface area contributed by atoms with Crippen LogP contribution in [0.2, 0.25) is 0 Å². The van der Waals surface area contributed by atoms with Crippen molar-refractivity contribution in [1.29, 1.82) is 0 Å². The fourth-order valence-corrected chi connectivity index (χ4v) is 3.21. The summed E-state index contributed by atoms with van der Waals surface area (Å²) in [6.07, 6.45) is 0. The molecule has 0 aliphatic rings. The van der Waals surface area contributed by atoms with Gasteiger partial charge in [-0.1, -0.05) is 23.8 Å². The second-order valence-electron chi connectivity index (χ2n) is 4.92. The van der Waals surface area contributed by atoms with Crippen LogP contribution in [0.4, 0.5) is 5.69 Å². The maximum Gasteiger partial charge on any atom is 0.284 e. The summed E-state index contributed by atoms with van der Waals surface area (Å²) in [4.78, 5) is 0.241. The molecule has 0 bridgehead atoms. The molecule has 0 saturated heterocycles. The topological polar surface area (TPSA) is 88.0 Å². The number of aromatic nitrogens is 2. The fraction of sp³-hybridized carbons (Fsp3) is 0.0667. The van der Waals surface area contributed by atoms with Gasteiger partial charge in [-0.25, -0.2) is 13.5 Å². The Morgan fingerprint density at radius 3 is 2.57 bits per heavy atom. The van der Waals surface area contributed by atoms with E-state index in [9.17, 15) is 8.42 Å². The molecule has 0 aliphatic carbocycles. The SMILES string of the molecule is Cc1ccc(NS(=O)(=O)c2cccc(-c3n[nH]c(=S)o3)c2)cc1. The van der Waals surface area contributed by atoms with Crippen molar-refractivity contribution in [3.63, 3.8) is 0 Å². The third-order valence-corrected chi connectivity index (χ3v) is 4.69. The highest BCUT2D eigenvalue weighted by Crippen LogP contribution is 2.22. The molecular weight excluding hydrogens is 334 g/mol. The number of anilines is 1. The lowest BCUT2D eigenvalue weighted by molar-refractivity contribution is 0.552. The molecule has 2 aromatic carbocycles. The summed E-state index contributed by atoms with van der Waals surface area (Å²) < 4.78 is 32.7. The zero-order valence-electron chi connectivity index (χ0n) is 12.1. The van der Waals surface area contributed by atoms with Crippen LogP contribution in [0.5, 0.6) is 0 Å². The van der Waals surface area contributed by atoms with Gasteiger partial charge in [-0.15, -0.1) is 5.10 Å². The lowest BCUT2D eigenvalue weighted by atomic mass is 10.2. The number of hydrogen-bond donors (Lipinski definition) is 2. The summed E-state index contributed by atoms with van der Waals surface area (Å²) in [5.41, 5.74) is 2.07. The molecule has 0 unspecified atom stereocenters. The number of sulfonamides is 1. The predicted molar refractivity (Wildman–Crippen MR) is 89.1 cm³/mol. The molecule has 3 aromatic rings. The summed E-state index contributed by atoms with van der Waals surface area (Å²) >= 11 is 4.82. The van der Waals surface area contributed by atoms with E-state index in [1.165, 1.54) is 12.1 Å². The van der Waals surface area contributed by atoms with Gasteiger partial charge in [0.05, 0.1) is 4.90 Å². The van der Waals surface area contributed by atoms with Crippen molar-refractivity contribution in [2.45, 2.75) is 11.8 Å². The number of hydrogen-bond acceptors (Lipinski definition) is 5. The largest absolute Gasteiger partial charge is 0.409 e. The molecule has 23 heavy (non-hydrogen) atoms. The molecule has 0 fully saturated rings. The van der Waals surface area contributed by atoms with E-state index in [1.54, 1.807) is 24.3 Å². The van der Waals surface area contributed by atoms with Gasteiger partial charge < -0.3 is 4.42 Å². The number of nitrogens with zero attached hydrogens (tertiary/aromatic N) is 1. The molecule has 3 rings (SSSR count). The number of aryl methyl sites for hydroxylation is 1. The second-order valence-corrected chi connectivity index (χ2v) is 6.97. The highest BCUT2D eigenvalue weighted by atomic mass is 32.2. The van der Waals surface area contributed by atoms with Crippen LogP contribution >= 0.6 is 12.2 Å². The quantitative estimate of drug-likeness (QED) is 0.705. The molecule has 0 radical (unpaired) electrons. The number of H-pyrrole nitrogens is 1. The number of rotatable bonds is 4. The molecule has 1 aromatic heterocycles. The van der Waals surface area contributed by atoms with Crippen LogP contribution in [-0.4, -0.2) is 18.6 Å². The summed E-state index contributed by atoms with van der Waals surface area (Å²) in [7, 11) is -3.71. The lowest BCUT2D eigenvalue weighted by Crippen LogP contribution is -2.12. The predicted octanol–water partition coefficient (Wildman–Crippen LogP) is 3.51. The number of aromatic amines is 1. The summed E-state index contributed by atoms with van der Waals surface area (Å²) in [5, 5.41) is 6.40. The highest BCUT2D eigenvalue weighted by molar-refractivity contribution is 7.92. The average Bonchev–Trinajstić information content (AvgIpc) is 2.96. The minimum Gasteiger partial charge on any atom is -0.409 e. The highest BCUT2D eigenvalue weighted by Gasteiger charge is 2.16. The van der Waals surface area contributed by atoms with Crippen LogP contribution in [0.1, 0.15) is 5.56 Å². The van der Waals surface area contributed by atoms with E-state index < -0.39 is 10.0 Å². The first-order valence-electron chi connectivity index (χ1n) is 6.69. The Balaban J connectivity index is 1.94. The van der Waals surface area contributed by atoms with E-state index in [0.29, 0.717) is 11.3 Å². The van der Waals surface area contributed by atoms with Gasteiger partial charge in [-0.05, 0) is 49.5 Å². The lowest BCUT2D eigenvalue weighted by Gasteiger charge is -2.09. The molecule has 2 N–H and O–H groups in total. The molecule has 0 spiro atoms. The van der Waals surface area contributed by atoms with E-state index in [4.69, 9.17) is 16.6 Å². The molecule has 1 heterocycles. The first-order valence-corrected chi connectivity index (χ1v) is 8.59. The minimum atomic E-state index is -3.71. The van der Waals surface area contributed by atoms with Crippen LogP contribution < -0.4 is 4.72 Å². The Morgan fingerprint density at radius 2 is 1.91 bits per heavy atom. The number of nitrogens with one attached hydrogen (secondary N) is 2. The monoisotopic (exact) mass is 347 g/mol. The third kappa shape index (κ3) is 3.49. The van der Waals surface area contributed by atoms with Crippen LogP contribution in [0, 0.1) is 11.8 Å². The van der Waals surface area contributed by atoms with Crippen molar-refractivity contribution in [2.75, 3.05) is 4.72 Å².